The van der Waals surface area contributed by atoms with E-state index in [-0.39, 0.29) is 5.54 Å². The van der Waals surface area contributed by atoms with Crippen LogP contribution in [-0.4, -0.2) is 59.6 Å². The Morgan fingerprint density at radius 1 is 1.15 bits per heavy atom. The zero-order chi connectivity index (χ0) is 18.0. The highest BCUT2D eigenvalue weighted by molar-refractivity contribution is 5.88. The number of fused-ring (bicyclic) bond motifs is 1. The maximum Gasteiger partial charge on any atom is 0.243 e. The second-order valence-corrected chi connectivity index (χ2v) is 7.43. The Labute approximate surface area is 154 Å². The first-order valence-electron chi connectivity index (χ1n) is 9.60. The van der Waals surface area contributed by atoms with Crippen LogP contribution in [0.3, 0.4) is 0 Å². The number of para-hydroxylation sites is 1. The molecule has 1 aromatic heterocycles. The van der Waals surface area contributed by atoms with Crippen LogP contribution < -0.4 is 0 Å². The molecular formula is C21H27N3O2. The molecule has 5 heteroatoms. The first kappa shape index (κ1) is 17.4. The molecule has 2 aliphatic heterocycles. The molecule has 1 amide bonds. The molecule has 0 radical (unpaired) electrons. The molecule has 138 valence electrons. The van der Waals surface area contributed by atoms with Crippen molar-refractivity contribution in [1.82, 2.24) is 14.8 Å². The number of hydrogen-bond acceptors (Lipinski definition) is 4. The summed E-state index contributed by atoms with van der Waals surface area (Å²) in [6, 6.07) is 10.4. The lowest BCUT2D eigenvalue weighted by molar-refractivity contribution is -0.148. The van der Waals surface area contributed by atoms with Gasteiger partial charge in [-0.25, -0.2) is 0 Å². The molecule has 0 aliphatic carbocycles. The number of carbonyl (C=O) groups excluding carboxylic acids is 1. The summed E-state index contributed by atoms with van der Waals surface area (Å²) in [6.45, 7) is 3.96. The molecule has 1 unspecified atom stereocenters. The van der Waals surface area contributed by atoms with Crippen molar-refractivity contribution in [3.63, 3.8) is 0 Å². The molecule has 3 heterocycles. The number of piperidine rings is 1. The number of likely N-dealkylation sites (tertiary alicyclic amines) is 2. The van der Waals surface area contributed by atoms with E-state index in [1.807, 2.05) is 17.2 Å². The lowest BCUT2D eigenvalue weighted by atomic mass is 9.85. The molecule has 2 saturated heterocycles. The molecule has 0 saturated carbocycles. The van der Waals surface area contributed by atoms with Crippen molar-refractivity contribution in [3.8, 4) is 0 Å². The van der Waals surface area contributed by atoms with Gasteiger partial charge in [0.05, 0.1) is 12.1 Å². The number of methoxy groups -OCH3 is 1. The summed E-state index contributed by atoms with van der Waals surface area (Å²) in [5.74, 6) is 0.302. The van der Waals surface area contributed by atoms with E-state index in [0.29, 0.717) is 19.1 Å². The van der Waals surface area contributed by atoms with Crippen LogP contribution in [0.25, 0.3) is 10.9 Å². The molecule has 2 fully saturated rings. The number of hydrogen-bond donors (Lipinski definition) is 0. The average Bonchev–Trinajstić information content (AvgIpc) is 3.06. The summed E-state index contributed by atoms with van der Waals surface area (Å²) in [5.41, 5.74) is 1.96. The Kier molecular flexibility index (Phi) is 4.92. The van der Waals surface area contributed by atoms with E-state index in [1.54, 1.807) is 7.11 Å². The maximum absolute atomic E-state index is 13.3. The van der Waals surface area contributed by atoms with Crippen molar-refractivity contribution in [2.24, 2.45) is 0 Å². The predicted octanol–water partition coefficient (Wildman–Crippen LogP) is 2.84. The van der Waals surface area contributed by atoms with Crippen LogP contribution in [0, 0.1) is 0 Å². The zero-order valence-corrected chi connectivity index (χ0v) is 15.5. The minimum Gasteiger partial charge on any atom is -0.383 e. The molecule has 4 rings (SSSR count). The lowest BCUT2D eigenvalue weighted by Gasteiger charge is -2.44. The van der Waals surface area contributed by atoms with Crippen molar-refractivity contribution in [2.75, 3.05) is 33.4 Å². The molecule has 0 bridgehead atoms. The number of benzene rings is 1. The lowest BCUT2D eigenvalue weighted by Crippen LogP contribution is -2.60. The van der Waals surface area contributed by atoms with E-state index in [0.717, 1.165) is 50.8 Å². The van der Waals surface area contributed by atoms with Crippen LogP contribution in [0.1, 0.15) is 31.2 Å². The molecule has 26 heavy (non-hydrogen) atoms. The number of ether oxygens (including phenoxy) is 1. The Hall–Kier alpha value is -1.98. The average molecular weight is 353 g/mol. The summed E-state index contributed by atoms with van der Waals surface area (Å²) in [4.78, 5) is 22.2. The first-order chi connectivity index (χ1) is 12.7. The molecular weight excluding hydrogens is 326 g/mol. The van der Waals surface area contributed by atoms with Crippen LogP contribution in [0.4, 0.5) is 0 Å². The standard InChI is InChI=1S/C21H27N3O2/c1-26-15-14-23-12-4-9-21(20(23)25)10-5-13-24(21)16-17-8-11-22-19-7-3-2-6-18(17)19/h2-3,6-8,11H,4-5,9-10,12-16H2,1H3. The van der Waals surface area contributed by atoms with Crippen molar-refractivity contribution in [3.05, 3.63) is 42.1 Å². The number of nitrogens with zero attached hydrogens (tertiary/aromatic N) is 3. The molecule has 1 spiro atoms. The fourth-order valence-corrected chi connectivity index (χ4v) is 4.67. The minimum absolute atomic E-state index is 0.302. The molecule has 5 nitrogen and oxygen atoms in total. The molecule has 2 aromatic rings. The Morgan fingerprint density at radius 2 is 1.96 bits per heavy atom. The van der Waals surface area contributed by atoms with E-state index < -0.39 is 0 Å². The van der Waals surface area contributed by atoms with Gasteiger partial charge in [0.25, 0.3) is 0 Å². The number of amides is 1. The fraction of sp³-hybridized carbons (Fsp3) is 0.524. The van der Waals surface area contributed by atoms with Crippen LogP contribution in [0.5, 0.6) is 0 Å². The van der Waals surface area contributed by atoms with Crippen molar-refractivity contribution < 1.29 is 9.53 Å². The smallest absolute Gasteiger partial charge is 0.243 e. The Balaban J connectivity index is 1.60. The summed E-state index contributed by atoms with van der Waals surface area (Å²) in [6.07, 6.45) is 5.99. The summed E-state index contributed by atoms with van der Waals surface area (Å²) < 4.78 is 5.20. The highest BCUT2D eigenvalue weighted by atomic mass is 16.5. The summed E-state index contributed by atoms with van der Waals surface area (Å²) in [7, 11) is 1.70. The zero-order valence-electron chi connectivity index (χ0n) is 15.5. The normalized spacial score (nSPS) is 24.0. The van der Waals surface area contributed by atoms with Gasteiger partial charge in [0, 0.05) is 38.3 Å². The third-order valence-electron chi connectivity index (χ3n) is 5.99. The van der Waals surface area contributed by atoms with Gasteiger partial charge in [-0.1, -0.05) is 18.2 Å². The number of aromatic nitrogens is 1. The van der Waals surface area contributed by atoms with Gasteiger partial charge in [0.15, 0.2) is 0 Å². The minimum atomic E-state index is -0.323. The maximum atomic E-state index is 13.3. The monoisotopic (exact) mass is 353 g/mol. The SMILES string of the molecule is COCCN1CCCC2(CCCN2Cc2ccnc3ccccc23)C1=O. The first-order valence-corrected chi connectivity index (χ1v) is 9.60. The quantitative estimate of drug-likeness (QED) is 0.829. The second-order valence-electron chi connectivity index (χ2n) is 7.43. The van der Waals surface area contributed by atoms with Crippen molar-refractivity contribution in [2.45, 2.75) is 37.8 Å². The van der Waals surface area contributed by atoms with E-state index in [1.165, 1.54) is 10.9 Å². The van der Waals surface area contributed by atoms with Gasteiger partial charge >= 0.3 is 0 Å². The number of carbonyl (C=O) groups is 1. The fourth-order valence-electron chi connectivity index (χ4n) is 4.67. The Morgan fingerprint density at radius 3 is 2.81 bits per heavy atom. The van der Waals surface area contributed by atoms with E-state index in [2.05, 4.69) is 34.1 Å². The van der Waals surface area contributed by atoms with Crippen molar-refractivity contribution in [1.29, 1.82) is 0 Å². The third kappa shape index (κ3) is 2.99. The highest BCUT2D eigenvalue weighted by Crippen LogP contribution is 2.39. The van der Waals surface area contributed by atoms with Crippen LogP contribution >= 0.6 is 0 Å². The van der Waals surface area contributed by atoms with Gasteiger partial charge in [-0.3, -0.25) is 14.7 Å². The van der Waals surface area contributed by atoms with Gasteiger partial charge in [0.2, 0.25) is 5.91 Å². The topological polar surface area (TPSA) is 45.7 Å². The van der Waals surface area contributed by atoms with Gasteiger partial charge in [0.1, 0.15) is 5.54 Å². The van der Waals surface area contributed by atoms with E-state index in [4.69, 9.17) is 4.74 Å². The molecule has 1 atom stereocenters. The molecule has 0 N–H and O–H groups in total. The summed E-state index contributed by atoms with van der Waals surface area (Å²) in [5, 5.41) is 1.19. The molecule has 2 aliphatic rings. The van der Waals surface area contributed by atoms with Crippen molar-refractivity contribution >= 4 is 16.8 Å². The Bertz CT molecular complexity index is 788. The van der Waals surface area contributed by atoms with Gasteiger partial charge in [-0.15, -0.1) is 0 Å². The van der Waals surface area contributed by atoms with Gasteiger partial charge in [-0.05, 0) is 49.9 Å². The van der Waals surface area contributed by atoms with Crippen LogP contribution in [-0.2, 0) is 16.1 Å². The summed E-state index contributed by atoms with van der Waals surface area (Å²) >= 11 is 0. The second kappa shape index (κ2) is 7.33. The highest BCUT2D eigenvalue weighted by Gasteiger charge is 2.50. The third-order valence-corrected chi connectivity index (χ3v) is 5.99. The van der Waals surface area contributed by atoms with Gasteiger partial charge in [-0.2, -0.15) is 0 Å². The van der Waals surface area contributed by atoms with E-state index in [9.17, 15) is 4.79 Å². The van der Waals surface area contributed by atoms with Crippen LogP contribution in [0.2, 0.25) is 0 Å². The predicted molar refractivity (Wildman–Crippen MR) is 102 cm³/mol. The van der Waals surface area contributed by atoms with E-state index >= 15 is 0 Å². The van der Waals surface area contributed by atoms with Crippen LogP contribution in [0.15, 0.2) is 36.5 Å². The number of pyridine rings is 1. The molecule has 1 aromatic carbocycles. The van der Waals surface area contributed by atoms with Gasteiger partial charge < -0.3 is 9.64 Å². The number of rotatable bonds is 5. The largest absolute Gasteiger partial charge is 0.383 e.